The highest BCUT2D eigenvalue weighted by molar-refractivity contribution is 7.89. The van der Waals surface area contributed by atoms with Crippen LogP contribution in [0.15, 0.2) is 35.2 Å². The summed E-state index contributed by atoms with van der Waals surface area (Å²) in [5.74, 6) is -0.415. The van der Waals surface area contributed by atoms with Crippen LogP contribution >= 0.6 is 11.3 Å². The third-order valence-corrected chi connectivity index (χ3v) is 6.78. The van der Waals surface area contributed by atoms with Gasteiger partial charge in [-0.1, -0.05) is 6.92 Å². The van der Waals surface area contributed by atoms with Gasteiger partial charge in [0.2, 0.25) is 10.0 Å². The van der Waals surface area contributed by atoms with Gasteiger partial charge in [-0.2, -0.15) is 0 Å². The number of ether oxygens (including phenoxy) is 1. The van der Waals surface area contributed by atoms with Gasteiger partial charge in [-0.25, -0.2) is 18.4 Å². The molecule has 0 unspecified atom stereocenters. The summed E-state index contributed by atoms with van der Waals surface area (Å²) in [4.78, 5) is 26.3. The zero-order valence-electron chi connectivity index (χ0n) is 15.6. The minimum atomic E-state index is -3.80. The predicted octanol–water partition coefficient (Wildman–Crippen LogP) is 2.70. The number of anilines is 1. The van der Waals surface area contributed by atoms with E-state index in [0.717, 1.165) is 19.3 Å². The van der Waals surface area contributed by atoms with Crippen LogP contribution in [-0.2, 0) is 32.4 Å². The first-order valence-corrected chi connectivity index (χ1v) is 11.3. The summed E-state index contributed by atoms with van der Waals surface area (Å²) < 4.78 is 27.8. The topological polar surface area (TPSA) is 116 Å². The minimum Gasteiger partial charge on any atom is -0.448 e. The lowest BCUT2D eigenvalue weighted by Gasteiger charge is -2.16. The van der Waals surface area contributed by atoms with E-state index in [1.807, 2.05) is 6.07 Å². The van der Waals surface area contributed by atoms with Crippen molar-refractivity contribution in [3.63, 3.8) is 0 Å². The van der Waals surface area contributed by atoms with Crippen molar-refractivity contribution in [1.29, 1.82) is 0 Å². The summed E-state index contributed by atoms with van der Waals surface area (Å²) in [5.41, 5.74) is 1.57. The predicted molar refractivity (Wildman–Crippen MR) is 107 cm³/mol. The number of nitrogens with two attached hydrogens (primary N) is 1. The molecule has 2 atom stereocenters. The molecule has 1 aliphatic rings. The molecule has 2 aromatic rings. The van der Waals surface area contributed by atoms with Crippen LogP contribution in [0.1, 0.15) is 40.4 Å². The summed E-state index contributed by atoms with van der Waals surface area (Å²) in [6, 6.07) is 7.29. The molecule has 0 saturated heterocycles. The number of nitrogens with one attached hydrogen (secondary N) is 1. The van der Waals surface area contributed by atoms with E-state index in [0.29, 0.717) is 16.5 Å². The number of benzene rings is 1. The van der Waals surface area contributed by atoms with Crippen LogP contribution in [0, 0.1) is 5.92 Å². The molecule has 0 fully saturated rings. The second-order valence-electron chi connectivity index (χ2n) is 7.01. The number of aryl methyl sites for hydroxylation is 1. The average molecular weight is 423 g/mol. The Kier molecular flexibility index (Phi) is 5.87. The van der Waals surface area contributed by atoms with Gasteiger partial charge in [-0.3, -0.25) is 4.79 Å². The molecule has 0 saturated carbocycles. The van der Waals surface area contributed by atoms with E-state index in [1.54, 1.807) is 0 Å². The molecule has 1 aromatic carbocycles. The lowest BCUT2D eigenvalue weighted by Crippen LogP contribution is -2.29. The number of hydrogen-bond donors (Lipinski definition) is 2. The van der Waals surface area contributed by atoms with Gasteiger partial charge < -0.3 is 10.1 Å². The first-order valence-electron chi connectivity index (χ1n) is 8.90. The van der Waals surface area contributed by atoms with Gasteiger partial charge in [-0.15, -0.1) is 11.3 Å². The van der Waals surface area contributed by atoms with Gasteiger partial charge in [0.25, 0.3) is 5.91 Å². The quantitative estimate of drug-likeness (QED) is 0.719. The van der Waals surface area contributed by atoms with E-state index >= 15 is 0 Å². The fourth-order valence-corrected chi connectivity index (χ4v) is 4.66. The Balaban J connectivity index is 1.60. The molecule has 3 rings (SSSR count). The van der Waals surface area contributed by atoms with Crippen molar-refractivity contribution < 1.29 is 22.7 Å². The average Bonchev–Trinajstić information content (AvgIpc) is 3.04. The van der Waals surface area contributed by atoms with E-state index in [-0.39, 0.29) is 4.90 Å². The molecule has 1 aliphatic carbocycles. The highest BCUT2D eigenvalue weighted by Crippen LogP contribution is 2.32. The van der Waals surface area contributed by atoms with Gasteiger partial charge in [0, 0.05) is 10.6 Å². The van der Waals surface area contributed by atoms with E-state index < -0.39 is 28.0 Å². The fourth-order valence-electron chi connectivity index (χ4n) is 3.05. The summed E-state index contributed by atoms with van der Waals surface area (Å²) >= 11 is 1.43. The van der Waals surface area contributed by atoms with E-state index in [1.165, 1.54) is 53.0 Å². The highest BCUT2D eigenvalue weighted by Gasteiger charge is 2.24. The zero-order valence-corrected chi connectivity index (χ0v) is 17.2. The number of hydrogen-bond acceptors (Lipinski definition) is 6. The lowest BCUT2D eigenvalue weighted by atomic mass is 9.90. The smallest absolute Gasteiger partial charge is 0.349 e. The standard InChI is InChI=1S/C19H22N2O5S2/c1-11-3-8-16-13(9-11)10-17(27-16)19(23)26-12(2)18(22)21-14-4-6-15(7-5-14)28(20,24)25/h4-7,10-12H,3,8-9H2,1-2H3,(H,21,22)(H2,20,24,25)/t11-,12-/m1/s1. The number of rotatable bonds is 5. The zero-order chi connectivity index (χ0) is 20.5. The maximum Gasteiger partial charge on any atom is 0.349 e. The molecule has 1 aromatic heterocycles. The maximum absolute atomic E-state index is 12.4. The summed E-state index contributed by atoms with van der Waals surface area (Å²) in [6.45, 7) is 3.68. The second kappa shape index (κ2) is 8.02. The van der Waals surface area contributed by atoms with Gasteiger partial charge in [0.05, 0.1) is 4.90 Å². The Hall–Kier alpha value is -2.23. The molecule has 9 heteroatoms. The molecule has 0 aliphatic heterocycles. The fraction of sp³-hybridized carbons (Fsp3) is 0.368. The first-order chi connectivity index (χ1) is 13.1. The van der Waals surface area contributed by atoms with Crippen molar-refractivity contribution in [1.82, 2.24) is 0 Å². The van der Waals surface area contributed by atoms with Gasteiger partial charge in [0.1, 0.15) is 4.88 Å². The van der Waals surface area contributed by atoms with Crippen molar-refractivity contribution in [2.24, 2.45) is 11.1 Å². The monoisotopic (exact) mass is 422 g/mol. The Morgan fingerprint density at radius 1 is 1.29 bits per heavy atom. The molecule has 7 nitrogen and oxygen atoms in total. The van der Waals surface area contributed by atoms with Crippen LogP contribution in [0.4, 0.5) is 5.69 Å². The first kappa shape index (κ1) is 20.5. The van der Waals surface area contributed by atoms with Crippen LogP contribution in [0.5, 0.6) is 0 Å². The van der Waals surface area contributed by atoms with Crippen LogP contribution in [0.3, 0.4) is 0 Å². The maximum atomic E-state index is 12.4. The number of amides is 1. The number of fused-ring (bicyclic) bond motifs is 1. The number of esters is 1. The molecule has 1 amide bonds. The normalized spacial score (nSPS) is 17.5. The molecule has 150 valence electrons. The summed E-state index contributed by atoms with van der Waals surface area (Å²) in [6.07, 6.45) is 2.05. The van der Waals surface area contributed by atoms with Crippen molar-refractivity contribution in [2.75, 3.05) is 5.32 Å². The van der Waals surface area contributed by atoms with Gasteiger partial charge in [-0.05, 0) is 68.0 Å². The Morgan fingerprint density at radius 2 is 1.96 bits per heavy atom. The SMILES string of the molecule is C[C@@H]1CCc2sc(C(=O)O[C@H](C)C(=O)Nc3ccc(S(N)(=O)=O)cc3)cc2C1. The number of carbonyl (C=O) groups excluding carboxylic acids is 2. The third-order valence-electron chi connectivity index (χ3n) is 4.63. The van der Waals surface area contributed by atoms with Crippen LogP contribution in [0.25, 0.3) is 0 Å². The van der Waals surface area contributed by atoms with Crippen molar-refractivity contribution in [2.45, 2.75) is 44.1 Å². The second-order valence-corrected chi connectivity index (χ2v) is 9.71. The molecule has 0 bridgehead atoms. The number of carbonyl (C=O) groups is 2. The number of primary sulfonamides is 1. The molecular formula is C19H22N2O5S2. The molecule has 3 N–H and O–H groups in total. The van der Waals surface area contributed by atoms with Crippen LogP contribution in [-0.4, -0.2) is 26.4 Å². The molecule has 0 radical (unpaired) electrons. The Labute approximate surface area is 167 Å². The Morgan fingerprint density at radius 3 is 2.61 bits per heavy atom. The van der Waals surface area contributed by atoms with Crippen molar-refractivity contribution in [3.05, 3.63) is 45.6 Å². The van der Waals surface area contributed by atoms with E-state index in [4.69, 9.17) is 9.88 Å². The number of sulfonamides is 1. The van der Waals surface area contributed by atoms with Crippen molar-refractivity contribution in [3.8, 4) is 0 Å². The lowest BCUT2D eigenvalue weighted by molar-refractivity contribution is -0.123. The van der Waals surface area contributed by atoms with Gasteiger partial charge in [0.15, 0.2) is 6.10 Å². The molecular weight excluding hydrogens is 400 g/mol. The van der Waals surface area contributed by atoms with E-state index in [2.05, 4.69) is 12.2 Å². The minimum absolute atomic E-state index is 0.0547. The largest absolute Gasteiger partial charge is 0.448 e. The number of thiophene rings is 1. The van der Waals surface area contributed by atoms with Crippen molar-refractivity contribution >= 4 is 38.9 Å². The molecule has 0 spiro atoms. The van der Waals surface area contributed by atoms with Crippen LogP contribution < -0.4 is 10.5 Å². The summed E-state index contributed by atoms with van der Waals surface area (Å²) in [7, 11) is -3.80. The van der Waals surface area contributed by atoms with Crippen LogP contribution in [0.2, 0.25) is 0 Å². The Bertz CT molecular complexity index is 996. The third kappa shape index (κ3) is 4.78. The van der Waals surface area contributed by atoms with Gasteiger partial charge >= 0.3 is 5.97 Å². The molecule has 1 heterocycles. The summed E-state index contributed by atoms with van der Waals surface area (Å²) in [5, 5.41) is 7.62. The molecule has 28 heavy (non-hydrogen) atoms. The van der Waals surface area contributed by atoms with E-state index in [9.17, 15) is 18.0 Å². The highest BCUT2D eigenvalue weighted by atomic mass is 32.2.